The highest BCUT2D eigenvalue weighted by atomic mass is 35.5. The van der Waals surface area contributed by atoms with E-state index in [9.17, 15) is 8.42 Å². The van der Waals surface area contributed by atoms with Crippen LogP contribution in [0, 0.1) is 5.41 Å². The van der Waals surface area contributed by atoms with Gasteiger partial charge in [0.05, 0.1) is 4.90 Å². The summed E-state index contributed by atoms with van der Waals surface area (Å²) in [5.74, 6) is 0.323. The van der Waals surface area contributed by atoms with Gasteiger partial charge >= 0.3 is 0 Å². The first-order valence-corrected chi connectivity index (χ1v) is 9.31. The summed E-state index contributed by atoms with van der Waals surface area (Å²) in [4.78, 5) is 0.116. The summed E-state index contributed by atoms with van der Waals surface area (Å²) >= 11 is 0. The number of nitrogens with two attached hydrogens (primary N) is 1. The van der Waals surface area contributed by atoms with E-state index >= 15 is 0 Å². The largest absolute Gasteiger partial charge is 0.384 e. The molecule has 0 aliphatic carbocycles. The van der Waals surface area contributed by atoms with Gasteiger partial charge in [-0.3, -0.25) is 5.41 Å². The predicted octanol–water partition coefficient (Wildman–Crippen LogP) is 3.04. The van der Waals surface area contributed by atoms with E-state index in [0.717, 1.165) is 5.56 Å². The molecule has 0 saturated heterocycles. The Labute approximate surface area is 155 Å². The van der Waals surface area contributed by atoms with Crippen molar-refractivity contribution in [1.29, 1.82) is 5.41 Å². The van der Waals surface area contributed by atoms with Crippen molar-refractivity contribution in [1.82, 2.24) is 4.72 Å². The van der Waals surface area contributed by atoms with Gasteiger partial charge in [0.1, 0.15) is 5.84 Å². The van der Waals surface area contributed by atoms with Gasteiger partial charge in [0.2, 0.25) is 10.0 Å². The minimum Gasteiger partial charge on any atom is -0.384 e. The topological polar surface area (TPSA) is 96.0 Å². The third-order valence-electron chi connectivity index (χ3n) is 3.81. The van der Waals surface area contributed by atoms with E-state index in [-0.39, 0.29) is 23.1 Å². The van der Waals surface area contributed by atoms with Crippen LogP contribution >= 0.6 is 12.4 Å². The maximum Gasteiger partial charge on any atom is 0.240 e. The van der Waals surface area contributed by atoms with Gasteiger partial charge in [-0.25, -0.2) is 13.1 Å². The van der Waals surface area contributed by atoms with Crippen molar-refractivity contribution in [3.8, 4) is 0 Å². The van der Waals surface area contributed by atoms with Crippen LogP contribution in [0.2, 0.25) is 0 Å². The highest BCUT2D eigenvalue weighted by molar-refractivity contribution is 7.89. The number of sulfonamides is 1. The SMILES string of the molecule is CC(C)c1ccc(CCNS(=O)(=O)c2cccc(C(=N)N)c2)cc1.Cl. The van der Waals surface area contributed by atoms with E-state index in [4.69, 9.17) is 11.1 Å². The fraction of sp³-hybridized carbons (Fsp3) is 0.278. The Morgan fingerprint density at radius 2 is 1.80 bits per heavy atom. The van der Waals surface area contributed by atoms with E-state index in [1.54, 1.807) is 12.1 Å². The molecular formula is C18H24ClN3O2S. The molecule has 0 saturated carbocycles. The van der Waals surface area contributed by atoms with Crippen molar-refractivity contribution >= 4 is 28.3 Å². The smallest absolute Gasteiger partial charge is 0.240 e. The molecule has 0 aromatic heterocycles. The summed E-state index contributed by atoms with van der Waals surface area (Å²) in [6.45, 7) is 4.59. The maximum absolute atomic E-state index is 12.3. The molecule has 0 aliphatic heterocycles. The van der Waals surface area contributed by atoms with Gasteiger partial charge < -0.3 is 5.73 Å². The Morgan fingerprint density at radius 3 is 2.36 bits per heavy atom. The van der Waals surface area contributed by atoms with Crippen LogP contribution in [0.1, 0.15) is 36.5 Å². The lowest BCUT2D eigenvalue weighted by Gasteiger charge is -2.09. The van der Waals surface area contributed by atoms with Gasteiger partial charge in [-0.15, -0.1) is 12.4 Å². The Kier molecular flexibility index (Phi) is 7.60. The van der Waals surface area contributed by atoms with Crippen molar-refractivity contribution in [2.45, 2.75) is 31.1 Å². The highest BCUT2D eigenvalue weighted by Crippen LogP contribution is 2.15. The quantitative estimate of drug-likeness (QED) is 0.508. The number of halogens is 1. The maximum atomic E-state index is 12.3. The van der Waals surface area contributed by atoms with E-state index in [1.165, 1.54) is 17.7 Å². The van der Waals surface area contributed by atoms with Crippen molar-refractivity contribution < 1.29 is 8.42 Å². The molecule has 25 heavy (non-hydrogen) atoms. The molecule has 2 aromatic carbocycles. The molecule has 0 radical (unpaired) electrons. The van der Waals surface area contributed by atoms with Gasteiger partial charge in [0.15, 0.2) is 0 Å². The number of nitrogen functional groups attached to an aromatic ring is 1. The second-order valence-corrected chi connectivity index (χ2v) is 7.75. The Bertz CT molecular complexity index is 818. The molecular weight excluding hydrogens is 358 g/mol. The first-order chi connectivity index (χ1) is 11.3. The number of hydrogen-bond donors (Lipinski definition) is 3. The normalized spacial score (nSPS) is 11.2. The van der Waals surface area contributed by atoms with Crippen LogP contribution in [-0.4, -0.2) is 20.8 Å². The molecule has 2 aromatic rings. The molecule has 4 N–H and O–H groups in total. The first kappa shape index (κ1) is 21.2. The number of hydrogen-bond acceptors (Lipinski definition) is 3. The lowest BCUT2D eigenvalue weighted by molar-refractivity contribution is 0.581. The molecule has 0 bridgehead atoms. The van der Waals surface area contributed by atoms with E-state index in [2.05, 4.69) is 30.7 Å². The summed E-state index contributed by atoms with van der Waals surface area (Å²) < 4.78 is 27.2. The summed E-state index contributed by atoms with van der Waals surface area (Å²) in [6.07, 6.45) is 0.615. The van der Waals surface area contributed by atoms with Gasteiger partial charge in [0.25, 0.3) is 0 Å². The third kappa shape index (κ3) is 5.85. The minimum atomic E-state index is -3.61. The first-order valence-electron chi connectivity index (χ1n) is 7.82. The standard InChI is InChI=1S/C18H23N3O2S.ClH/c1-13(2)15-8-6-14(7-9-15)10-11-21-24(22,23)17-5-3-4-16(12-17)18(19)20;/h3-9,12-13,21H,10-11H2,1-2H3,(H3,19,20);1H. The van der Waals surface area contributed by atoms with Crippen LogP contribution in [0.5, 0.6) is 0 Å². The molecule has 0 unspecified atom stereocenters. The van der Waals surface area contributed by atoms with Gasteiger partial charge in [-0.2, -0.15) is 0 Å². The summed E-state index contributed by atoms with van der Waals surface area (Å²) in [5.41, 5.74) is 8.14. The van der Waals surface area contributed by atoms with Crippen LogP contribution in [0.4, 0.5) is 0 Å². The Balaban J connectivity index is 0.00000312. The van der Waals surface area contributed by atoms with Crippen LogP contribution in [0.15, 0.2) is 53.4 Å². The molecule has 0 spiro atoms. The summed E-state index contributed by atoms with van der Waals surface area (Å²) in [6, 6.07) is 14.3. The molecule has 0 aliphatic rings. The Morgan fingerprint density at radius 1 is 1.16 bits per heavy atom. The number of rotatable bonds is 7. The van der Waals surface area contributed by atoms with Crippen molar-refractivity contribution in [2.75, 3.05) is 6.54 Å². The highest BCUT2D eigenvalue weighted by Gasteiger charge is 2.14. The van der Waals surface area contributed by atoms with Crippen LogP contribution in [-0.2, 0) is 16.4 Å². The monoisotopic (exact) mass is 381 g/mol. The fourth-order valence-electron chi connectivity index (χ4n) is 2.31. The van der Waals surface area contributed by atoms with Crippen molar-refractivity contribution in [3.05, 3.63) is 65.2 Å². The molecule has 136 valence electrons. The average molecular weight is 382 g/mol. The van der Waals surface area contributed by atoms with Crippen LogP contribution < -0.4 is 10.5 Å². The number of nitrogens with one attached hydrogen (secondary N) is 2. The van der Waals surface area contributed by atoms with Gasteiger partial charge in [0, 0.05) is 12.1 Å². The molecule has 0 heterocycles. The van der Waals surface area contributed by atoms with Gasteiger partial charge in [-0.1, -0.05) is 50.2 Å². The second kappa shape index (κ2) is 8.99. The van der Waals surface area contributed by atoms with E-state index in [1.807, 2.05) is 12.1 Å². The predicted molar refractivity (Wildman–Crippen MR) is 104 cm³/mol. The van der Waals surface area contributed by atoms with Gasteiger partial charge in [-0.05, 0) is 35.6 Å². The lowest BCUT2D eigenvalue weighted by Crippen LogP contribution is -2.26. The molecule has 0 fully saturated rings. The van der Waals surface area contributed by atoms with Crippen molar-refractivity contribution in [2.24, 2.45) is 5.73 Å². The second-order valence-electron chi connectivity index (χ2n) is 5.99. The zero-order chi connectivity index (χ0) is 17.7. The zero-order valence-corrected chi connectivity index (χ0v) is 16.0. The van der Waals surface area contributed by atoms with Crippen LogP contribution in [0.3, 0.4) is 0 Å². The van der Waals surface area contributed by atoms with Crippen molar-refractivity contribution in [3.63, 3.8) is 0 Å². The van der Waals surface area contributed by atoms with Crippen LogP contribution in [0.25, 0.3) is 0 Å². The minimum absolute atomic E-state index is 0. The molecule has 0 atom stereocenters. The average Bonchev–Trinajstić information content (AvgIpc) is 2.55. The van der Waals surface area contributed by atoms with E-state index < -0.39 is 10.0 Å². The number of amidine groups is 1. The summed E-state index contributed by atoms with van der Waals surface area (Å²) in [5, 5.41) is 7.40. The molecule has 0 amide bonds. The fourth-order valence-corrected chi connectivity index (χ4v) is 3.39. The molecule has 7 heteroatoms. The Hall–Kier alpha value is -1.89. The molecule has 5 nitrogen and oxygen atoms in total. The molecule has 2 rings (SSSR count). The summed E-state index contributed by atoms with van der Waals surface area (Å²) in [7, 11) is -3.61. The lowest BCUT2D eigenvalue weighted by atomic mass is 10.0. The number of benzene rings is 2. The zero-order valence-electron chi connectivity index (χ0n) is 14.3. The third-order valence-corrected chi connectivity index (χ3v) is 5.27. The van der Waals surface area contributed by atoms with E-state index in [0.29, 0.717) is 24.4 Å².